The molecule has 0 aromatic heterocycles. The third-order valence-corrected chi connectivity index (χ3v) is 3.09. The fourth-order valence-corrected chi connectivity index (χ4v) is 1.97. The minimum Gasteiger partial charge on any atom is -0.377 e. The second kappa shape index (κ2) is 3.97. The van der Waals surface area contributed by atoms with Crippen molar-refractivity contribution in [2.75, 3.05) is 20.2 Å². The Kier molecular flexibility index (Phi) is 3.36. The number of nitrogens with zero attached hydrogens (tertiary/aromatic N) is 1. The van der Waals surface area contributed by atoms with E-state index < -0.39 is 0 Å². The molecule has 2 heteroatoms. The van der Waals surface area contributed by atoms with Crippen LogP contribution in [0.25, 0.3) is 0 Å². The van der Waals surface area contributed by atoms with Crippen LogP contribution in [0, 0.1) is 5.92 Å². The van der Waals surface area contributed by atoms with E-state index in [1.807, 2.05) is 0 Å². The normalized spacial score (nSPS) is 24.9. The smallest absolute Gasteiger partial charge is 0.0749 e. The van der Waals surface area contributed by atoms with E-state index in [1.54, 1.807) is 7.11 Å². The predicted molar refractivity (Wildman–Crippen MR) is 55.9 cm³/mol. The van der Waals surface area contributed by atoms with Gasteiger partial charge < -0.3 is 4.74 Å². The number of rotatable bonds is 4. The summed E-state index contributed by atoms with van der Waals surface area (Å²) in [5.74, 6) is 0.779. The first-order valence-corrected chi connectivity index (χ1v) is 5.25. The summed E-state index contributed by atoms with van der Waals surface area (Å²) < 4.78 is 5.43. The molecule has 0 amide bonds. The van der Waals surface area contributed by atoms with Crippen molar-refractivity contribution in [3.63, 3.8) is 0 Å². The summed E-state index contributed by atoms with van der Waals surface area (Å²) in [6, 6.07) is 0.787. The van der Waals surface area contributed by atoms with Crippen LogP contribution in [-0.4, -0.2) is 36.7 Å². The first-order chi connectivity index (χ1) is 5.96. The molecule has 0 aliphatic carbocycles. The highest BCUT2D eigenvalue weighted by Gasteiger charge is 2.34. The van der Waals surface area contributed by atoms with Crippen LogP contribution in [0.2, 0.25) is 0 Å². The van der Waals surface area contributed by atoms with E-state index in [0.29, 0.717) is 0 Å². The van der Waals surface area contributed by atoms with Crippen LogP contribution in [0.5, 0.6) is 0 Å². The van der Waals surface area contributed by atoms with E-state index in [-0.39, 0.29) is 5.60 Å². The third-order valence-electron chi connectivity index (χ3n) is 3.09. The fourth-order valence-electron chi connectivity index (χ4n) is 1.97. The molecule has 1 saturated heterocycles. The molecular weight excluding hydrogens is 162 g/mol. The minimum atomic E-state index is 0.00750. The third kappa shape index (κ3) is 2.68. The maximum absolute atomic E-state index is 5.43. The van der Waals surface area contributed by atoms with Gasteiger partial charge in [-0.05, 0) is 26.2 Å². The lowest BCUT2D eigenvalue weighted by molar-refractivity contribution is -0.0518. The molecule has 0 radical (unpaired) electrons. The van der Waals surface area contributed by atoms with Crippen molar-refractivity contribution >= 4 is 0 Å². The molecule has 1 rings (SSSR count). The summed E-state index contributed by atoms with van der Waals surface area (Å²) in [4.78, 5) is 2.54. The van der Waals surface area contributed by atoms with E-state index in [2.05, 4.69) is 32.6 Å². The molecule has 78 valence electrons. The van der Waals surface area contributed by atoms with Crippen molar-refractivity contribution in [2.24, 2.45) is 5.92 Å². The van der Waals surface area contributed by atoms with E-state index in [0.717, 1.165) is 18.5 Å². The molecule has 0 spiro atoms. The maximum Gasteiger partial charge on any atom is 0.0749 e. The van der Waals surface area contributed by atoms with Gasteiger partial charge >= 0.3 is 0 Å². The summed E-state index contributed by atoms with van der Waals surface area (Å²) in [5, 5.41) is 0. The lowest BCUT2D eigenvalue weighted by atomic mass is 9.90. The van der Waals surface area contributed by atoms with E-state index in [1.165, 1.54) is 13.0 Å². The lowest BCUT2D eigenvalue weighted by Crippen LogP contribution is -2.55. The Bertz CT molecular complexity index is 165. The molecule has 0 aromatic rings. The summed E-state index contributed by atoms with van der Waals surface area (Å²) in [7, 11) is 1.80. The maximum atomic E-state index is 5.43. The van der Waals surface area contributed by atoms with Gasteiger partial charge in [0.25, 0.3) is 0 Å². The summed E-state index contributed by atoms with van der Waals surface area (Å²) in [6.07, 6.45) is 1.36. The summed E-state index contributed by atoms with van der Waals surface area (Å²) in [6.45, 7) is 11.2. The molecule has 1 fully saturated rings. The average Bonchev–Trinajstić information content (AvgIpc) is 1.97. The van der Waals surface area contributed by atoms with Crippen molar-refractivity contribution < 1.29 is 4.74 Å². The van der Waals surface area contributed by atoms with Gasteiger partial charge in [0.1, 0.15) is 0 Å². The summed E-state index contributed by atoms with van der Waals surface area (Å²) >= 11 is 0. The van der Waals surface area contributed by atoms with Crippen molar-refractivity contribution in [3.05, 3.63) is 0 Å². The monoisotopic (exact) mass is 185 g/mol. The zero-order valence-electron chi connectivity index (χ0n) is 9.63. The van der Waals surface area contributed by atoms with Gasteiger partial charge in [0.05, 0.1) is 5.60 Å². The number of hydrogen-bond acceptors (Lipinski definition) is 2. The number of likely N-dealkylation sites (tertiary alicyclic amines) is 1. The Hall–Kier alpha value is -0.0800. The van der Waals surface area contributed by atoms with Crippen LogP contribution in [0.3, 0.4) is 0 Å². The zero-order chi connectivity index (χ0) is 10.1. The van der Waals surface area contributed by atoms with Gasteiger partial charge in [-0.3, -0.25) is 4.90 Å². The largest absolute Gasteiger partial charge is 0.377 e. The quantitative estimate of drug-likeness (QED) is 0.665. The molecule has 0 N–H and O–H groups in total. The van der Waals surface area contributed by atoms with Gasteiger partial charge in [0, 0.05) is 26.2 Å². The molecule has 13 heavy (non-hydrogen) atoms. The van der Waals surface area contributed by atoms with Gasteiger partial charge in [-0.2, -0.15) is 0 Å². The molecule has 1 aliphatic rings. The molecule has 1 heterocycles. The van der Waals surface area contributed by atoms with Crippen LogP contribution < -0.4 is 0 Å². The Morgan fingerprint density at radius 2 is 2.08 bits per heavy atom. The molecule has 1 unspecified atom stereocenters. The second-order valence-electron chi connectivity index (χ2n) is 5.03. The Balaban J connectivity index is 2.38. The molecule has 0 saturated carbocycles. The van der Waals surface area contributed by atoms with Gasteiger partial charge in [-0.25, -0.2) is 0 Å². The molecule has 0 aromatic carbocycles. The van der Waals surface area contributed by atoms with Gasteiger partial charge in [0.15, 0.2) is 0 Å². The number of hydrogen-bond donors (Lipinski definition) is 0. The van der Waals surface area contributed by atoms with Crippen molar-refractivity contribution in [2.45, 2.75) is 45.8 Å². The van der Waals surface area contributed by atoms with E-state index in [9.17, 15) is 0 Å². The van der Waals surface area contributed by atoms with Crippen molar-refractivity contribution in [1.82, 2.24) is 4.90 Å². The molecule has 1 atom stereocenters. The van der Waals surface area contributed by atoms with Crippen molar-refractivity contribution in [3.8, 4) is 0 Å². The summed E-state index contributed by atoms with van der Waals surface area (Å²) in [5.41, 5.74) is 0.00750. The highest BCUT2D eigenvalue weighted by Crippen LogP contribution is 2.26. The standard InChI is InChI=1S/C11H23NO/c1-9(2)10-6-7-12(10)8-11(3,4)13-5/h9-10H,6-8H2,1-5H3. The Morgan fingerprint density at radius 3 is 2.38 bits per heavy atom. The molecule has 1 aliphatic heterocycles. The highest BCUT2D eigenvalue weighted by atomic mass is 16.5. The van der Waals surface area contributed by atoms with Crippen LogP contribution in [0.15, 0.2) is 0 Å². The van der Waals surface area contributed by atoms with Crippen LogP contribution in [0.1, 0.15) is 34.1 Å². The van der Waals surface area contributed by atoms with E-state index >= 15 is 0 Å². The fraction of sp³-hybridized carbons (Fsp3) is 1.00. The average molecular weight is 185 g/mol. The first kappa shape index (κ1) is 11.0. The minimum absolute atomic E-state index is 0.00750. The molecule has 0 bridgehead atoms. The van der Waals surface area contributed by atoms with Crippen molar-refractivity contribution in [1.29, 1.82) is 0 Å². The highest BCUT2D eigenvalue weighted by molar-refractivity contribution is 4.88. The lowest BCUT2D eigenvalue weighted by Gasteiger charge is -2.46. The van der Waals surface area contributed by atoms with Crippen LogP contribution in [-0.2, 0) is 4.74 Å². The van der Waals surface area contributed by atoms with Gasteiger partial charge in [0.2, 0.25) is 0 Å². The zero-order valence-corrected chi connectivity index (χ0v) is 9.63. The predicted octanol–water partition coefficient (Wildman–Crippen LogP) is 2.14. The SMILES string of the molecule is COC(C)(C)CN1CCC1C(C)C. The van der Waals surface area contributed by atoms with Crippen LogP contribution in [0.4, 0.5) is 0 Å². The second-order valence-corrected chi connectivity index (χ2v) is 5.03. The Morgan fingerprint density at radius 1 is 1.46 bits per heavy atom. The number of methoxy groups -OCH3 is 1. The Labute approximate surface area is 82.3 Å². The van der Waals surface area contributed by atoms with Gasteiger partial charge in [-0.15, -0.1) is 0 Å². The van der Waals surface area contributed by atoms with E-state index in [4.69, 9.17) is 4.74 Å². The van der Waals surface area contributed by atoms with Crippen LogP contribution >= 0.6 is 0 Å². The molecule has 2 nitrogen and oxygen atoms in total. The first-order valence-electron chi connectivity index (χ1n) is 5.25. The topological polar surface area (TPSA) is 12.5 Å². The molecular formula is C11H23NO. The number of ether oxygens (including phenoxy) is 1. The van der Waals surface area contributed by atoms with Gasteiger partial charge in [-0.1, -0.05) is 13.8 Å².